The maximum atomic E-state index is 12.6. The first-order valence-electron chi connectivity index (χ1n) is 13.2. The van der Waals surface area contributed by atoms with E-state index in [0.29, 0.717) is 32.2 Å². The van der Waals surface area contributed by atoms with Crippen molar-refractivity contribution < 1.29 is 22.6 Å². The zero-order valence-electron chi connectivity index (χ0n) is 23.3. The molecule has 2 N–H and O–H groups in total. The molecule has 10 nitrogen and oxygen atoms in total. The second-order valence-corrected chi connectivity index (χ2v) is 13.3. The van der Waals surface area contributed by atoms with E-state index in [4.69, 9.17) is 4.98 Å². The summed E-state index contributed by atoms with van der Waals surface area (Å²) >= 11 is 2.70. The first kappa shape index (κ1) is 29.4. The molecule has 0 radical (unpaired) electrons. The number of carbonyl (C=O) groups excluding carboxylic acids is 2. The number of para-hydroxylation sites is 1. The molecule has 0 aliphatic heterocycles. The first-order chi connectivity index (χ1) is 21.1. The number of amides is 1. The molecule has 1 amide bonds. The van der Waals surface area contributed by atoms with E-state index in [1.807, 2.05) is 36.4 Å². The van der Waals surface area contributed by atoms with Crippen LogP contribution in [0.2, 0.25) is 0 Å². The minimum absolute atomic E-state index is 0.116. The Morgan fingerprint density at radius 3 is 2.23 bits per heavy atom. The molecule has 1 atom stereocenters. The van der Waals surface area contributed by atoms with Gasteiger partial charge in [-0.2, -0.15) is 18.6 Å². The number of fused-ring (bicyclic) bond motifs is 2. The number of hydrogen-bond acceptors (Lipinski definition) is 10. The quantitative estimate of drug-likeness (QED) is 0.0993. The molecule has 0 aliphatic carbocycles. The van der Waals surface area contributed by atoms with E-state index < -0.39 is 27.9 Å². The van der Waals surface area contributed by atoms with Crippen LogP contribution in [0.1, 0.15) is 12.5 Å². The van der Waals surface area contributed by atoms with Gasteiger partial charge in [-0.15, -0.1) is 22.7 Å². The van der Waals surface area contributed by atoms with E-state index in [1.165, 1.54) is 29.6 Å². The zero-order valence-corrected chi connectivity index (χ0v) is 25.7. The van der Waals surface area contributed by atoms with Gasteiger partial charge in [0, 0.05) is 16.8 Å². The van der Waals surface area contributed by atoms with Crippen LogP contribution >= 0.6 is 22.7 Å². The molecule has 13 heteroatoms. The largest absolute Gasteiger partial charge is 0.324 e. The average molecular weight is 642 g/mol. The second-order valence-electron chi connectivity index (χ2n) is 9.89. The van der Waals surface area contributed by atoms with Gasteiger partial charge in [0.1, 0.15) is 14.9 Å². The number of nitrogens with zero attached hydrogens (tertiary/aromatic N) is 4. The van der Waals surface area contributed by atoms with Gasteiger partial charge in [-0.05, 0) is 80.1 Å². The molecular formula is C31H23N5O5S3. The number of azo groups is 1. The van der Waals surface area contributed by atoms with Crippen LogP contribution < -0.4 is 5.32 Å². The standard InChI is InChI=1S/C31H23N5O5S3/c1-17-8-14-24-27(28(17)44(39,40)41)43-31(34-24)20-11-15-23-25(16-20)42-30(33-23)19-9-12-22(13-10-19)35-36-26(18(2)37)29(38)32-21-6-4-3-5-7-21/h3-16,26H,1-2H3,(H,32,38)(H,39,40,41). The molecule has 1 unspecified atom stereocenters. The third-order valence-corrected chi connectivity index (χ3v) is 10.1. The second kappa shape index (κ2) is 11.8. The molecule has 2 heterocycles. The number of nitrogens with one attached hydrogen (secondary N) is 1. The summed E-state index contributed by atoms with van der Waals surface area (Å²) in [7, 11) is -4.40. The number of thiazole rings is 2. The van der Waals surface area contributed by atoms with Crippen molar-refractivity contribution in [2.75, 3.05) is 5.32 Å². The van der Waals surface area contributed by atoms with Gasteiger partial charge >= 0.3 is 0 Å². The minimum Gasteiger partial charge on any atom is -0.324 e. The first-order valence-corrected chi connectivity index (χ1v) is 16.3. The Morgan fingerprint density at radius 1 is 0.864 bits per heavy atom. The van der Waals surface area contributed by atoms with Crippen molar-refractivity contribution >= 4 is 76.3 Å². The lowest BCUT2D eigenvalue weighted by molar-refractivity contribution is -0.126. The highest BCUT2D eigenvalue weighted by atomic mass is 32.2. The molecule has 0 saturated heterocycles. The minimum atomic E-state index is -4.40. The summed E-state index contributed by atoms with van der Waals surface area (Å²) in [5.74, 6) is -0.981. The summed E-state index contributed by atoms with van der Waals surface area (Å²) < 4.78 is 35.1. The van der Waals surface area contributed by atoms with Crippen molar-refractivity contribution in [3.8, 4) is 21.1 Å². The highest BCUT2D eigenvalue weighted by molar-refractivity contribution is 7.86. The average Bonchev–Trinajstić information content (AvgIpc) is 3.61. The lowest BCUT2D eigenvalue weighted by Gasteiger charge is -2.09. The Labute approximate surface area is 259 Å². The predicted molar refractivity (Wildman–Crippen MR) is 172 cm³/mol. The fourth-order valence-corrected chi connectivity index (χ4v) is 7.86. The maximum absolute atomic E-state index is 12.6. The third kappa shape index (κ3) is 6.03. The Hall–Kier alpha value is -4.69. The zero-order chi connectivity index (χ0) is 31.0. The summed E-state index contributed by atoms with van der Waals surface area (Å²) in [4.78, 5) is 33.9. The fraction of sp³-hybridized carbons (Fsp3) is 0.0968. The van der Waals surface area contributed by atoms with Gasteiger partial charge in [-0.3, -0.25) is 14.1 Å². The van der Waals surface area contributed by atoms with Gasteiger partial charge in [0.2, 0.25) is 6.04 Å². The van der Waals surface area contributed by atoms with Crippen molar-refractivity contribution in [3.05, 3.63) is 90.5 Å². The Kier molecular flexibility index (Phi) is 7.86. The monoisotopic (exact) mass is 641 g/mol. The van der Waals surface area contributed by atoms with Crippen LogP contribution in [0.25, 0.3) is 41.6 Å². The Balaban J connectivity index is 1.22. The van der Waals surface area contributed by atoms with Crippen molar-refractivity contribution in [1.82, 2.24) is 9.97 Å². The van der Waals surface area contributed by atoms with Crippen LogP contribution in [-0.2, 0) is 19.7 Å². The number of ketones is 1. The van der Waals surface area contributed by atoms with Crippen LogP contribution in [0.5, 0.6) is 0 Å². The lowest BCUT2D eigenvalue weighted by Crippen LogP contribution is -2.31. The molecule has 2 aromatic heterocycles. The fourth-order valence-electron chi connectivity index (χ4n) is 4.54. The van der Waals surface area contributed by atoms with Crippen LogP contribution in [-0.4, -0.2) is 40.7 Å². The van der Waals surface area contributed by atoms with Gasteiger partial charge < -0.3 is 5.32 Å². The molecule has 0 fully saturated rings. The summed E-state index contributed by atoms with van der Waals surface area (Å²) in [6, 6.07) is 23.8. The van der Waals surface area contributed by atoms with Gasteiger partial charge in [-0.1, -0.05) is 24.3 Å². The summed E-state index contributed by atoms with van der Waals surface area (Å²) in [5.41, 5.74) is 4.44. The van der Waals surface area contributed by atoms with E-state index >= 15 is 0 Å². The normalized spacial score (nSPS) is 12.6. The van der Waals surface area contributed by atoms with Crippen molar-refractivity contribution in [1.29, 1.82) is 0 Å². The highest BCUT2D eigenvalue weighted by Crippen LogP contribution is 2.38. The van der Waals surface area contributed by atoms with Gasteiger partial charge in [0.15, 0.2) is 5.78 Å². The molecule has 44 heavy (non-hydrogen) atoms. The Morgan fingerprint density at radius 2 is 1.52 bits per heavy atom. The van der Waals surface area contributed by atoms with E-state index in [2.05, 4.69) is 20.5 Å². The molecule has 220 valence electrons. The smallest absolute Gasteiger partial charge is 0.296 e. The number of aryl methyl sites for hydroxylation is 1. The van der Waals surface area contributed by atoms with E-state index in [-0.39, 0.29) is 4.90 Å². The van der Waals surface area contributed by atoms with Crippen LogP contribution in [0.15, 0.2) is 100 Å². The summed E-state index contributed by atoms with van der Waals surface area (Å²) in [6.45, 7) is 2.93. The number of Topliss-reactive ketones (excluding diaryl/α,β-unsaturated/α-hetero) is 1. The van der Waals surface area contributed by atoms with E-state index in [0.717, 1.165) is 26.4 Å². The molecule has 0 saturated carbocycles. The lowest BCUT2D eigenvalue weighted by atomic mass is 10.2. The number of hydrogen-bond donors (Lipinski definition) is 2. The van der Waals surface area contributed by atoms with Gasteiger partial charge in [0.05, 0.1) is 26.1 Å². The summed E-state index contributed by atoms with van der Waals surface area (Å²) in [6.07, 6.45) is 0. The molecule has 0 bridgehead atoms. The molecule has 4 aromatic carbocycles. The van der Waals surface area contributed by atoms with Crippen molar-refractivity contribution in [3.63, 3.8) is 0 Å². The maximum Gasteiger partial charge on any atom is 0.296 e. The van der Waals surface area contributed by atoms with Crippen LogP contribution in [0, 0.1) is 6.92 Å². The van der Waals surface area contributed by atoms with Gasteiger partial charge in [-0.25, -0.2) is 9.97 Å². The number of aromatic nitrogens is 2. The number of rotatable bonds is 8. The molecular weight excluding hydrogens is 619 g/mol. The number of carbonyl (C=O) groups is 2. The third-order valence-electron chi connectivity index (χ3n) is 6.68. The number of anilines is 1. The van der Waals surface area contributed by atoms with Crippen molar-refractivity contribution in [2.45, 2.75) is 24.8 Å². The predicted octanol–water partition coefficient (Wildman–Crippen LogP) is 7.48. The van der Waals surface area contributed by atoms with E-state index in [1.54, 1.807) is 55.5 Å². The Bertz CT molecular complexity index is 2190. The topological polar surface area (TPSA) is 151 Å². The molecule has 0 spiro atoms. The van der Waals surface area contributed by atoms with Crippen molar-refractivity contribution in [2.24, 2.45) is 10.2 Å². The molecule has 0 aliphatic rings. The number of benzene rings is 4. The molecule has 6 rings (SSSR count). The van der Waals surface area contributed by atoms with E-state index in [9.17, 15) is 22.6 Å². The van der Waals surface area contributed by atoms with Gasteiger partial charge in [0.25, 0.3) is 16.0 Å². The SMILES string of the molecule is CC(=O)C(N=Nc1ccc(-c2nc3ccc(-c4nc5ccc(C)c(S(=O)(=O)O)c5s4)cc3s2)cc1)C(=O)Nc1ccccc1. The highest BCUT2D eigenvalue weighted by Gasteiger charge is 2.23. The molecule has 6 aromatic rings. The van der Waals surface area contributed by atoms with Crippen LogP contribution in [0.3, 0.4) is 0 Å². The summed E-state index contributed by atoms with van der Waals surface area (Å²) in [5, 5.41) is 12.2. The van der Waals surface area contributed by atoms with Crippen LogP contribution in [0.4, 0.5) is 11.4 Å².